The summed E-state index contributed by atoms with van der Waals surface area (Å²) in [5.41, 5.74) is 6.30. The molecule has 3 nitrogen and oxygen atoms in total. The van der Waals surface area contributed by atoms with Crippen molar-refractivity contribution in [2.75, 3.05) is 18.8 Å². The Morgan fingerprint density at radius 1 is 1.33 bits per heavy atom. The fourth-order valence-electron chi connectivity index (χ4n) is 1.91. The lowest BCUT2D eigenvalue weighted by atomic mass is 10.1. The topological polar surface area (TPSA) is 46.3 Å². The van der Waals surface area contributed by atoms with E-state index in [1.807, 2.05) is 0 Å². The first kappa shape index (κ1) is 13.1. The molecular weight excluding hydrogens is 262 g/mol. The van der Waals surface area contributed by atoms with Gasteiger partial charge in [-0.3, -0.25) is 4.79 Å². The molecule has 0 bridgehead atoms. The Kier molecular flexibility index (Phi) is 3.43. The van der Waals surface area contributed by atoms with Gasteiger partial charge in [0.2, 0.25) is 0 Å². The zero-order valence-electron chi connectivity index (χ0n) is 9.63. The molecule has 6 heteroatoms. The van der Waals surface area contributed by atoms with Gasteiger partial charge in [0.15, 0.2) is 0 Å². The molecule has 1 fully saturated rings. The van der Waals surface area contributed by atoms with Crippen LogP contribution in [0.2, 0.25) is 5.02 Å². The molecule has 1 aromatic carbocycles. The van der Waals surface area contributed by atoms with Crippen molar-refractivity contribution >= 4 is 23.2 Å². The van der Waals surface area contributed by atoms with Crippen LogP contribution in [0.1, 0.15) is 23.2 Å². The number of anilines is 1. The van der Waals surface area contributed by atoms with E-state index in [0.717, 1.165) is 0 Å². The molecule has 98 valence electrons. The first-order valence-corrected chi connectivity index (χ1v) is 5.99. The standard InChI is InChI=1S/C12H13ClF2N2O/c13-10-7-8(16)1-2-9(10)11(18)17-5-3-12(14,15)4-6-17/h1-2,7H,3-6,16H2. The second kappa shape index (κ2) is 4.72. The van der Waals surface area contributed by atoms with Crippen LogP contribution in [-0.2, 0) is 0 Å². The van der Waals surface area contributed by atoms with Gasteiger partial charge in [-0.25, -0.2) is 8.78 Å². The zero-order valence-corrected chi connectivity index (χ0v) is 10.4. The van der Waals surface area contributed by atoms with Gasteiger partial charge in [0.05, 0.1) is 10.6 Å². The highest BCUT2D eigenvalue weighted by Crippen LogP contribution is 2.29. The average molecular weight is 275 g/mol. The molecule has 0 atom stereocenters. The first-order chi connectivity index (χ1) is 8.39. The number of benzene rings is 1. The Bertz CT molecular complexity index is 469. The Hall–Kier alpha value is -1.36. The van der Waals surface area contributed by atoms with Crippen LogP contribution in [0.25, 0.3) is 0 Å². The van der Waals surface area contributed by atoms with Crippen LogP contribution in [0, 0.1) is 0 Å². The summed E-state index contributed by atoms with van der Waals surface area (Å²) in [6.07, 6.45) is -0.601. The van der Waals surface area contributed by atoms with Crippen molar-refractivity contribution in [3.8, 4) is 0 Å². The van der Waals surface area contributed by atoms with E-state index in [0.29, 0.717) is 11.3 Å². The number of piperidine rings is 1. The minimum absolute atomic E-state index is 0.0482. The van der Waals surface area contributed by atoms with Crippen LogP contribution in [0.4, 0.5) is 14.5 Å². The molecule has 1 aliphatic rings. The number of halogens is 3. The molecule has 2 rings (SSSR count). The number of carbonyl (C=O) groups excluding carboxylic acids is 1. The number of amides is 1. The number of carbonyl (C=O) groups is 1. The van der Waals surface area contributed by atoms with Gasteiger partial charge in [-0.1, -0.05) is 11.6 Å². The minimum Gasteiger partial charge on any atom is -0.399 e. The van der Waals surface area contributed by atoms with Gasteiger partial charge in [0.25, 0.3) is 11.8 Å². The predicted octanol–water partition coefficient (Wildman–Crippen LogP) is 2.79. The zero-order chi connectivity index (χ0) is 13.3. The van der Waals surface area contributed by atoms with E-state index in [1.54, 1.807) is 6.07 Å². The third-order valence-electron chi connectivity index (χ3n) is 3.01. The number of hydrogen-bond acceptors (Lipinski definition) is 2. The number of alkyl halides is 2. The summed E-state index contributed by atoms with van der Waals surface area (Å²) in [6.45, 7) is 0.0963. The molecule has 0 unspecified atom stereocenters. The molecule has 1 aromatic rings. The van der Waals surface area contributed by atoms with Crippen molar-refractivity contribution in [1.29, 1.82) is 0 Å². The molecule has 1 aliphatic heterocycles. The quantitative estimate of drug-likeness (QED) is 0.801. The highest BCUT2D eigenvalue weighted by atomic mass is 35.5. The number of nitrogen functional groups attached to an aromatic ring is 1. The second-order valence-electron chi connectivity index (χ2n) is 4.39. The van der Waals surface area contributed by atoms with E-state index in [1.165, 1.54) is 17.0 Å². The van der Waals surface area contributed by atoms with Crippen molar-refractivity contribution in [2.24, 2.45) is 0 Å². The highest BCUT2D eigenvalue weighted by molar-refractivity contribution is 6.34. The molecule has 1 amide bonds. The summed E-state index contributed by atoms with van der Waals surface area (Å²) in [6, 6.07) is 4.57. The van der Waals surface area contributed by atoms with Crippen molar-refractivity contribution in [3.05, 3.63) is 28.8 Å². The average Bonchev–Trinajstić information content (AvgIpc) is 2.28. The summed E-state index contributed by atoms with van der Waals surface area (Å²) in [5.74, 6) is -2.99. The number of rotatable bonds is 1. The summed E-state index contributed by atoms with van der Waals surface area (Å²) in [5, 5.41) is 0.248. The largest absolute Gasteiger partial charge is 0.399 e. The van der Waals surface area contributed by atoms with Gasteiger partial charge in [0.1, 0.15) is 0 Å². The summed E-state index contributed by atoms with van der Waals surface area (Å²) in [7, 11) is 0. The lowest BCUT2D eigenvalue weighted by molar-refractivity contribution is -0.0494. The van der Waals surface area contributed by atoms with Gasteiger partial charge in [-0.2, -0.15) is 0 Å². The maximum absolute atomic E-state index is 13.0. The van der Waals surface area contributed by atoms with Gasteiger partial charge in [0, 0.05) is 31.6 Å². The SMILES string of the molecule is Nc1ccc(C(=O)N2CCC(F)(F)CC2)c(Cl)c1. The van der Waals surface area contributed by atoms with Crippen molar-refractivity contribution in [3.63, 3.8) is 0 Å². The second-order valence-corrected chi connectivity index (χ2v) is 4.79. The van der Waals surface area contributed by atoms with Gasteiger partial charge in [-0.05, 0) is 18.2 Å². The fourth-order valence-corrected chi connectivity index (χ4v) is 2.18. The molecule has 1 saturated heterocycles. The maximum atomic E-state index is 13.0. The van der Waals surface area contributed by atoms with Crippen LogP contribution >= 0.6 is 11.6 Å². The number of nitrogens with zero attached hydrogens (tertiary/aromatic N) is 1. The summed E-state index contributed by atoms with van der Waals surface area (Å²) >= 11 is 5.92. The van der Waals surface area contributed by atoms with Crippen molar-refractivity contribution in [1.82, 2.24) is 4.90 Å². The molecule has 18 heavy (non-hydrogen) atoms. The van der Waals surface area contributed by atoms with E-state index in [-0.39, 0.29) is 36.9 Å². The lowest BCUT2D eigenvalue weighted by Gasteiger charge is -2.32. The van der Waals surface area contributed by atoms with E-state index >= 15 is 0 Å². The van der Waals surface area contributed by atoms with E-state index < -0.39 is 5.92 Å². The third-order valence-corrected chi connectivity index (χ3v) is 3.32. The molecule has 0 aliphatic carbocycles. The minimum atomic E-state index is -2.66. The van der Waals surface area contributed by atoms with Crippen molar-refractivity contribution < 1.29 is 13.6 Å². The van der Waals surface area contributed by atoms with Crippen molar-refractivity contribution in [2.45, 2.75) is 18.8 Å². The normalized spacial score (nSPS) is 18.7. The highest BCUT2D eigenvalue weighted by Gasteiger charge is 2.36. The van der Waals surface area contributed by atoms with Crippen LogP contribution in [-0.4, -0.2) is 29.8 Å². The Balaban J connectivity index is 2.13. The van der Waals surface area contributed by atoms with Crippen LogP contribution in [0.3, 0.4) is 0 Å². The smallest absolute Gasteiger partial charge is 0.255 e. The molecular formula is C12H13ClF2N2O. The summed E-state index contributed by atoms with van der Waals surface area (Å²) < 4.78 is 26.0. The molecule has 0 spiro atoms. The van der Waals surface area contributed by atoms with Gasteiger partial charge >= 0.3 is 0 Å². The summed E-state index contributed by atoms with van der Waals surface area (Å²) in [4.78, 5) is 13.5. The number of nitrogens with two attached hydrogens (primary N) is 1. The fraction of sp³-hybridized carbons (Fsp3) is 0.417. The Morgan fingerprint density at radius 2 is 1.94 bits per heavy atom. The number of likely N-dealkylation sites (tertiary alicyclic amines) is 1. The predicted molar refractivity (Wildman–Crippen MR) is 65.9 cm³/mol. The van der Waals surface area contributed by atoms with Crippen LogP contribution in [0.5, 0.6) is 0 Å². The molecule has 0 radical (unpaired) electrons. The van der Waals surface area contributed by atoms with E-state index in [4.69, 9.17) is 17.3 Å². The Labute approximate surface area is 109 Å². The third kappa shape index (κ3) is 2.72. The monoisotopic (exact) mass is 274 g/mol. The molecule has 1 heterocycles. The van der Waals surface area contributed by atoms with Crippen LogP contribution < -0.4 is 5.73 Å². The lowest BCUT2D eigenvalue weighted by Crippen LogP contribution is -2.42. The molecule has 0 aromatic heterocycles. The number of hydrogen-bond donors (Lipinski definition) is 1. The maximum Gasteiger partial charge on any atom is 0.255 e. The first-order valence-electron chi connectivity index (χ1n) is 5.61. The molecule has 0 saturated carbocycles. The molecule has 2 N–H and O–H groups in total. The van der Waals surface area contributed by atoms with E-state index in [2.05, 4.69) is 0 Å². The van der Waals surface area contributed by atoms with Gasteiger partial charge < -0.3 is 10.6 Å². The van der Waals surface area contributed by atoms with E-state index in [9.17, 15) is 13.6 Å². The van der Waals surface area contributed by atoms with Gasteiger partial charge in [-0.15, -0.1) is 0 Å². The van der Waals surface area contributed by atoms with Crippen LogP contribution in [0.15, 0.2) is 18.2 Å². The Morgan fingerprint density at radius 3 is 2.50 bits per heavy atom.